The lowest BCUT2D eigenvalue weighted by molar-refractivity contribution is 0.102. The van der Waals surface area contributed by atoms with E-state index in [4.69, 9.17) is 6.57 Å². The van der Waals surface area contributed by atoms with Gasteiger partial charge in [0.1, 0.15) is 5.69 Å². The maximum atomic E-state index is 12.9. The van der Waals surface area contributed by atoms with Crippen molar-refractivity contribution in [2.24, 2.45) is 10.2 Å². The van der Waals surface area contributed by atoms with Gasteiger partial charge in [-0.15, -0.1) is 10.2 Å². The highest BCUT2D eigenvalue weighted by Crippen LogP contribution is 2.40. The lowest BCUT2D eigenvalue weighted by Gasteiger charge is -2.10. The minimum atomic E-state index is -0.625. The summed E-state index contributed by atoms with van der Waals surface area (Å²) in [5, 5.41) is 27.3. The van der Waals surface area contributed by atoms with Crippen LogP contribution in [0.4, 0.5) is 23.1 Å². The van der Waals surface area contributed by atoms with Gasteiger partial charge >= 0.3 is 0 Å². The van der Waals surface area contributed by atoms with E-state index < -0.39 is 11.7 Å². The van der Waals surface area contributed by atoms with Gasteiger partial charge in [-0.3, -0.25) is 10.1 Å². The Morgan fingerprint density at radius 3 is 2.46 bits per heavy atom. The third kappa shape index (κ3) is 4.12. The van der Waals surface area contributed by atoms with Crippen molar-refractivity contribution in [3.63, 3.8) is 0 Å². The predicted molar refractivity (Wildman–Crippen MR) is 125 cm³/mol. The Kier molecular flexibility index (Phi) is 5.55. The van der Waals surface area contributed by atoms with Gasteiger partial charge in [0, 0.05) is 30.2 Å². The SMILES string of the molecule is [C-]#[N+]c1cnn(-c2ncccn2)c1/N=N/c1c(O)c(C(=O)Nc2ncccn2)cc2ccccc12. The molecule has 0 unspecified atom stereocenters. The number of aromatic hydroxyl groups is 1. The predicted octanol–water partition coefficient (Wildman–Crippen LogP) is 4.53. The van der Waals surface area contributed by atoms with Crippen LogP contribution >= 0.6 is 0 Å². The number of azo groups is 1. The van der Waals surface area contributed by atoms with E-state index in [1.54, 1.807) is 36.4 Å². The Morgan fingerprint density at radius 2 is 1.71 bits per heavy atom. The molecule has 0 atom stereocenters. The summed E-state index contributed by atoms with van der Waals surface area (Å²) in [5.74, 6) is -0.668. The number of hydrogen-bond donors (Lipinski definition) is 2. The third-order valence-electron chi connectivity index (χ3n) is 4.86. The van der Waals surface area contributed by atoms with Crippen LogP contribution in [0.3, 0.4) is 0 Å². The Morgan fingerprint density at radius 1 is 1.00 bits per heavy atom. The minimum Gasteiger partial charge on any atom is -0.505 e. The zero-order chi connectivity index (χ0) is 24.2. The average molecular weight is 462 g/mol. The molecule has 3 aromatic heterocycles. The van der Waals surface area contributed by atoms with Crippen molar-refractivity contribution in [1.82, 2.24) is 29.7 Å². The van der Waals surface area contributed by atoms with Gasteiger partial charge in [-0.2, -0.15) is 9.78 Å². The van der Waals surface area contributed by atoms with Crippen molar-refractivity contribution in [2.75, 3.05) is 5.32 Å². The van der Waals surface area contributed by atoms with Crippen LogP contribution in [0.1, 0.15) is 10.4 Å². The number of rotatable bonds is 5. The summed E-state index contributed by atoms with van der Waals surface area (Å²) >= 11 is 0. The Balaban J connectivity index is 1.61. The summed E-state index contributed by atoms with van der Waals surface area (Å²) in [5.41, 5.74) is 0.107. The van der Waals surface area contributed by atoms with Crippen LogP contribution in [0.25, 0.3) is 21.6 Å². The number of amides is 1. The molecule has 35 heavy (non-hydrogen) atoms. The molecule has 0 aliphatic rings. The summed E-state index contributed by atoms with van der Waals surface area (Å²) < 4.78 is 1.26. The number of phenolic OH excluding ortho intramolecular Hbond substituents is 1. The van der Waals surface area contributed by atoms with Crippen molar-refractivity contribution in [2.45, 2.75) is 0 Å². The maximum absolute atomic E-state index is 12.9. The van der Waals surface area contributed by atoms with Gasteiger partial charge in [-0.25, -0.2) is 24.8 Å². The van der Waals surface area contributed by atoms with Gasteiger partial charge in [0.2, 0.25) is 5.95 Å². The quantitative estimate of drug-likeness (QED) is 0.288. The summed E-state index contributed by atoms with van der Waals surface area (Å²) in [6, 6.07) is 11.9. The van der Waals surface area contributed by atoms with Gasteiger partial charge < -0.3 is 5.11 Å². The van der Waals surface area contributed by atoms with Crippen molar-refractivity contribution in [3.05, 3.63) is 90.4 Å². The van der Waals surface area contributed by atoms with Crippen molar-refractivity contribution < 1.29 is 9.90 Å². The normalized spacial score (nSPS) is 10.9. The van der Waals surface area contributed by atoms with Gasteiger partial charge in [-0.05, 0) is 23.6 Å². The molecule has 0 aliphatic carbocycles. The molecule has 0 radical (unpaired) electrons. The zero-order valence-corrected chi connectivity index (χ0v) is 17.8. The van der Waals surface area contributed by atoms with Gasteiger partial charge in [0.15, 0.2) is 11.6 Å². The number of nitrogens with one attached hydrogen (secondary N) is 1. The number of benzene rings is 2. The molecule has 5 aromatic rings. The topological polar surface area (TPSA) is 148 Å². The summed E-state index contributed by atoms with van der Waals surface area (Å²) in [4.78, 5) is 32.5. The smallest absolute Gasteiger partial charge is 0.261 e. The number of fused-ring (bicyclic) bond motifs is 1. The molecule has 2 aromatic carbocycles. The lowest BCUT2D eigenvalue weighted by atomic mass is 10.0. The van der Waals surface area contributed by atoms with Gasteiger partial charge in [-0.1, -0.05) is 24.3 Å². The van der Waals surface area contributed by atoms with E-state index in [-0.39, 0.29) is 34.7 Å². The van der Waals surface area contributed by atoms with Crippen LogP contribution < -0.4 is 5.32 Å². The number of anilines is 1. The van der Waals surface area contributed by atoms with E-state index in [0.717, 1.165) is 0 Å². The van der Waals surface area contributed by atoms with E-state index in [0.29, 0.717) is 10.8 Å². The molecule has 0 spiro atoms. The Bertz CT molecular complexity index is 1610. The second kappa shape index (κ2) is 9.12. The molecule has 0 fully saturated rings. The summed E-state index contributed by atoms with van der Waals surface area (Å²) in [6.07, 6.45) is 7.34. The van der Waals surface area contributed by atoms with Crippen LogP contribution in [0, 0.1) is 6.57 Å². The van der Waals surface area contributed by atoms with Crippen molar-refractivity contribution >= 4 is 39.8 Å². The molecule has 2 N–H and O–H groups in total. The standard InChI is InChI=1S/C23H14N10O2/c1-24-17-13-29-33(23-27-10-5-11-28-23)20(17)32-31-18-15-7-3-2-6-14(15)12-16(19(18)34)21(35)30-22-25-8-4-9-26-22/h2-13,34H,(H,25,26,30,35)/b32-31+. The highest BCUT2D eigenvalue weighted by molar-refractivity contribution is 6.11. The molecule has 5 rings (SSSR count). The Hall–Kier alpha value is -5.57. The molecule has 12 nitrogen and oxygen atoms in total. The van der Waals surface area contributed by atoms with E-state index in [1.165, 1.54) is 41.7 Å². The number of carbonyl (C=O) groups excluding carboxylic acids is 1. The molecule has 168 valence electrons. The van der Waals surface area contributed by atoms with E-state index in [9.17, 15) is 9.90 Å². The summed E-state index contributed by atoms with van der Waals surface area (Å²) in [6.45, 7) is 7.43. The fourth-order valence-electron chi connectivity index (χ4n) is 3.27. The molecule has 0 saturated carbocycles. The van der Waals surface area contributed by atoms with E-state index >= 15 is 0 Å². The highest BCUT2D eigenvalue weighted by Gasteiger charge is 2.20. The van der Waals surface area contributed by atoms with Gasteiger partial charge in [0.05, 0.1) is 18.3 Å². The van der Waals surface area contributed by atoms with Crippen LogP contribution in [0.15, 0.2) is 83.7 Å². The second-order valence-electron chi connectivity index (χ2n) is 6.99. The molecule has 12 heteroatoms. The minimum absolute atomic E-state index is 0.0416. The first-order valence-electron chi connectivity index (χ1n) is 10.1. The molecule has 3 heterocycles. The summed E-state index contributed by atoms with van der Waals surface area (Å²) in [7, 11) is 0. The van der Waals surface area contributed by atoms with Crippen molar-refractivity contribution in [1.29, 1.82) is 0 Å². The number of hydrogen-bond acceptors (Lipinski definition) is 9. The number of carbonyl (C=O) groups is 1. The largest absolute Gasteiger partial charge is 0.505 e. The molecule has 0 aliphatic heterocycles. The van der Waals surface area contributed by atoms with Crippen LogP contribution in [-0.4, -0.2) is 40.7 Å². The molecule has 0 saturated heterocycles. The van der Waals surface area contributed by atoms with E-state index in [2.05, 4.69) is 45.4 Å². The molecule has 1 amide bonds. The van der Waals surface area contributed by atoms with Crippen LogP contribution in [-0.2, 0) is 0 Å². The van der Waals surface area contributed by atoms with Crippen LogP contribution in [0.2, 0.25) is 0 Å². The molecule has 0 bridgehead atoms. The lowest BCUT2D eigenvalue weighted by Crippen LogP contribution is -2.14. The fourth-order valence-corrected chi connectivity index (χ4v) is 3.27. The molecular formula is C23H14N10O2. The average Bonchev–Trinajstić information content (AvgIpc) is 3.32. The highest BCUT2D eigenvalue weighted by atomic mass is 16.3. The number of aromatic nitrogens is 6. The third-order valence-corrected chi connectivity index (χ3v) is 4.86. The zero-order valence-electron chi connectivity index (χ0n) is 17.8. The number of nitrogens with zero attached hydrogens (tertiary/aromatic N) is 9. The first kappa shape index (κ1) is 21.3. The van der Waals surface area contributed by atoms with Gasteiger partial charge in [0.25, 0.3) is 17.5 Å². The van der Waals surface area contributed by atoms with E-state index in [1.807, 2.05) is 0 Å². The second-order valence-corrected chi connectivity index (χ2v) is 6.99. The fraction of sp³-hybridized carbons (Fsp3) is 0. The number of phenols is 1. The maximum Gasteiger partial charge on any atom is 0.261 e. The first-order valence-corrected chi connectivity index (χ1v) is 10.1. The first-order chi connectivity index (χ1) is 17.2. The monoisotopic (exact) mass is 462 g/mol. The van der Waals surface area contributed by atoms with Crippen molar-refractivity contribution in [3.8, 4) is 11.7 Å². The molecular weight excluding hydrogens is 448 g/mol. The Labute approximate surface area is 197 Å². The van der Waals surface area contributed by atoms with Crippen LogP contribution in [0.5, 0.6) is 5.75 Å².